The van der Waals surface area contributed by atoms with Gasteiger partial charge in [-0.2, -0.15) is 0 Å². The van der Waals surface area contributed by atoms with E-state index in [2.05, 4.69) is 33.0 Å². The fourth-order valence-electron chi connectivity index (χ4n) is 2.51. The highest BCUT2D eigenvalue weighted by molar-refractivity contribution is 8.00. The Balaban J connectivity index is 1.32. The van der Waals surface area contributed by atoms with Crippen LogP contribution >= 0.6 is 34.4 Å². The predicted molar refractivity (Wildman–Crippen MR) is 117 cm³/mol. The zero-order chi connectivity index (χ0) is 19.2. The molecule has 0 saturated heterocycles. The molecule has 0 radical (unpaired) electrons. The van der Waals surface area contributed by atoms with Crippen LogP contribution in [0.1, 0.15) is 11.3 Å². The minimum absolute atomic E-state index is 0.746. The second-order valence-corrected chi connectivity index (χ2v) is 8.93. The van der Waals surface area contributed by atoms with E-state index in [-0.39, 0.29) is 0 Å². The summed E-state index contributed by atoms with van der Waals surface area (Å²) in [7, 11) is 1.67. The van der Waals surface area contributed by atoms with Crippen molar-refractivity contribution in [2.75, 3.05) is 12.4 Å². The van der Waals surface area contributed by atoms with Gasteiger partial charge in [-0.05, 0) is 17.7 Å². The molecular formula is C20H18N4OS3. The van der Waals surface area contributed by atoms with Gasteiger partial charge in [-0.25, -0.2) is 4.98 Å². The SMILES string of the molecule is COc1cccc(-c2nc(CSc3nnc(NCc4ccccc4)s3)cs2)c1. The maximum absolute atomic E-state index is 5.29. The molecule has 0 aliphatic heterocycles. The van der Waals surface area contributed by atoms with Gasteiger partial charge in [-0.3, -0.25) is 0 Å². The van der Waals surface area contributed by atoms with Crippen LogP contribution in [-0.2, 0) is 12.3 Å². The molecular weight excluding hydrogens is 408 g/mol. The van der Waals surface area contributed by atoms with Crippen molar-refractivity contribution in [1.29, 1.82) is 0 Å². The van der Waals surface area contributed by atoms with Gasteiger partial charge < -0.3 is 10.1 Å². The maximum Gasteiger partial charge on any atom is 0.206 e. The summed E-state index contributed by atoms with van der Waals surface area (Å²) in [6.45, 7) is 0.746. The predicted octanol–water partition coefficient (Wildman–Crippen LogP) is 5.57. The van der Waals surface area contributed by atoms with E-state index < -0.39 is 0 Å². The van der Waals surface area contributed by atoms with E-state index in [1.54, 1.807) is 41.5 Å². The van der Waals surface area contributed by atoms with Gasteiger partial charge in [-0.15, -0.1) is 21.5 Å². The number of methoxy groups -OCH3 is 1. The molecule has 2 aromatic carbocycles. The van der Waals surface area contributed by atoms with E-state index in [0.717, 1.165) is 43.8 Å². The Kier molecular flexibility index (Phi) is 6.20. The third kappa shape index (κ3) is 4.89. The summed E-state index contributed by atoms with van der Waals surface area (Å²) >= 11 is 4.87. The molecule has 8 heteroatoms. The highest BCUT2D eigenvalue weighted by atomic mass is 32.2. The molecule has 0 fully saturated rings. The Morgan fingerprint density at radius 3 is 2.82 bits per heavy atom. The van der Waals surface area contributed by atoms with E-state index >= 15 is 0 Å². The number of thiazole rings is 1. The second kappa shape index (κ2) is 9.18. The van der Waals surface area contributed by atoms with E-state index in [1.807, 2.05) is 42.5 Å². The quantitative estimate of drug-likeness (QED) is 0.372. The molecule has 142 valence electrons. The number of aromatic nitrogens is 3. The normalized spacial score (nSPS) is 10.8. The topological polar surface area (TPSA) is 59.9 Å². The molecule has 2 heterocycles. The number of ether oxygens (including phenoxy) is 1. The molecule has 0 aliphatic carbocycles. The lowest BCUT2D eigenvalue weighted by molar-refractivity contribution is 0.415. The Morgan fingerprint density at radius 2 is 1.96 bits per heavy atom. The number of nitrogens with one attached hydrogen (secondary N) is 1. The lowest BCUT2D eigenvalue weighted by Gasteiger charge is -2.01. The largest absolute Gasteiger partial charge is 0.497 e. The number of hydrogen-bond donors (Lipinski definition) is 1. The molecule has 4 aromatic rings. The molecule has 4 rings (SSSR count). The Labute approximate surface area is 175 Å². The summed E-state index contributed by atoms with van der Waals surface area (Å²) in [6.07, 6.45) is 0. The van der Waals surface area contributed by atoms with Crippen molar-refractivity contribution in [3.05, 3.63) is 71.2 Å². The number of anilines is 1. The molecule has 0 unspecified atom stereocenters. The van der Waals surface area contributed by atoms with Gasteiger partial charge in [0.2, 0.25) is 5.13 Å². The highest BCUT2D eigenvalue weighted by Gasteiger charge is 2.09. The lowest BCUT2D eigenvalue weighted by Crippen LogP contribution is -1.98. The minimum Gasteiger partial charge on any atom is -0.497 e. The van der Waals surface area contributed by atoms with Crippen molar-refractivity contribution in [2.24, 2.45) is 0 Å². The summed E-state index contributed by atoms with van der Waals surface area (Å²) in [5.41, 5.74) is 3.34. The molecule has 0 atom stereocenters. The fraction of sp³-hybridized carbons (Fsp3) is 0.150. The summed E-state index contributed by atoms with van der Waals surface area (Å²) in [6, 6.07) is 18.2. The molecule has 5 nitrogen and oxygen atoms in total. The smallest absolute Gasteiger partial charge is 0.206 e. The van der Waals surface area contributed by atoms with E-state index in [9.17, 15) is 0 Å². The molecule has 0 bridgehead atoms. The number of hydrogen-bond acceptors (Lipinski definition) is 8. The zero-order valence-corrected chi connectivity index (χ0v) is 17.6. The molecule has 0 spiro atoms. The summed E-state index contributed by atoms with van der Waals surface area (Å²) in [4.78, 5) is 4.74. The summed E-state index contributed by atoms with van der Waals surface area (Å²) < 4.78 is 6.23. The van der Waals surface area contributed by atoms with E-state index in [4.69, 9.17) is 9.72 Å². The van der Waals surface area contributed by atoms with Crippen molar-refractivity contribution in [1.82, 2.24) is 15.2 Å². The van der Waals surface area contributed by atoms with Gasteiger partial charge in [0.25, 0.3) is 0 Å². The van der Waals surface area contributed by atoms with Crippen LogP contribution in [-0.4, -0.2) is 22.3 Å². The van der Waals surface area contributed by atoms with E-state index in [1.165, 1.54) is 5.56 Å². The van der Waals surface area contributed by atoms with Crippen LogP contribution in [0.2, 0.25) is 0 Å². The van der Waals surface area contributed by atoms with Crippen molar-refractivity contribution in [3.63, 3.8) is 0 Å². The van der Waals surface area contributed by atoms with Gasteiger partial charge in [0.05, 0.1) is 12.8 Å². The number of nitrogens with zero attached hydrogens (tertiary/aromatic N) is 3. The first-order chi connectivity index (χ1) is 13.8. The summed E-state index contributed by atoms with van der Waals surface area (Å²) in [5.74, 6) is 1.61. The lowest BCUT2D eigenvalue weighted by atomic mass is 10.2. The Morgan fingerprint density at radius 1 is 1.07 bits per heavy atom. The van der Waals surface area contributed by atoms with Gasteiger partial charge in [-0.1, -0.05) is 65.6 Å². The van der Waals surface area contributed by atoms with Crippen molar-refractivity contribution in [3.8, 4) is 16.3 Å². The van der Waals surface area contributed by atoms with Crippen LogP contribution in [0, 0.1) is 0 Å². The van der Waals surface area contributed by atoms with Crippen LogP contribution < -0.4 is 10.1 Å². The molecule has 2 aromatic heterocycles. The Bertz CT molecular complexity index is 1030. The first-order valence-electron chi connectivity index (χ1n) is 8.63. The minimum atomic E-state index is 0.746. The first-order valence-corrected chi connectivity index (χ1v) is 11.3. The molecule has 28 heavy (non-hydrogen) atoms. The van der Waals surface area contributed by atoms with Crippen LogP contribution in [0.5, 0.6) is 5.75 Å². The third-order valence-electron chi connectivity index (χ3n) is 3.90. The van der Waals surface area contributed by atoms with Crippen molar-refractivity contribution in [2.45, 2.75) is 16.6 Å². The van der Waals surface area contributed by atoms with Crippen LogP contribution in [0.25, 0.3) is 10.6 Å². The summed E-state index contributed by atoms with van der Waals surface area (Å²) in [5, 5.41) is 15.7. The van der Waals surface area contributed by atoms with E-state index in [0.29, 0.717) is 0 Å². The third-order valence-corrected chi connectivity index (χ3v) is 6.89. The van der Waals surface area contributed by atoms with Crippen molar-refractivity contribution >= 4 is 39.6 Å². The zero-order valence-electron chi connectivity index (χ0n) is 15.2. The maximum atomic E-state index is 5.29. The Hall–Kier alpha value is -2.42. The van der Waals surface area contributed by atoms with Gasteiger partial charge >= 0.3 is 0 Å². The average Bonchev–Trinajstić information content (AvgIpc) is 3.41. The standard InChI is InChI=1S/C20H18N4OS3/c1-25-17-9-5-8-15(10-17)18-22-16(12-26-18)13-27-20-24-23-19(28-20)21-11-14-6-3-2-4-7-14/h2-10,12H,11,13H2,1H3,(H,21,23). The molecule has 0 amide bonds. The van der Waals surface area contributed by atoms with Gasteiger partial charge in [0, 0.05) is 23.2 Å². The average molecular weight is 427 g/mol. The van der Waals surface area contributed by atoms with Crippen molar-refractivity contribution < 1.29 is 4.74 Å². The molecule has 0 saturated carbocycles. The number of rotatable bonds is 8. The van der Waals surface area contributed by atoms with Crippen LogP contribution in [0.4, 0.5) is 5.13 Å². The fourth-order valence-corrected chi connectivity index (χ4v) is 5.07. The van der Waals surface area contributed by atoms with Gasteiger partial charge in [0.15, 0.2) is 4.34 Å². The van der Waals surface area contributed by atoms with Crippen LogP contribution in [0.3, 0.4) is 0 Å². The van der Waals surface area contributed by atoms with Crippen LogP contribution in [0.15, 0.2) is 64.3 Å². The monoisotopic (exact) mass is 426 g/mol. The molecule has 1 N–H and O–H groups in total. The highest BCUT2D eigenvalue weighted by Crippen LogP contribution is 2.31. The second-order valence-electron chi connectivity index (χ2n) is 5.88. The number of benzene rings is 2. The number of thioether (sulfide) groups is 1. The molecule has 0 aliphatic rings. The van der Waals surface area contributed by atoms with Gasteiger partial charge in [0.1, 0.15) is 10.8 Å². The first kappa shape index (κ1) is 18.9.